The maximum absolute atomic E-state index is 13.2. The first-order valence-electron chi connectivity index (χ1n) is 8.43. The van der Waals surface area contributed by atoms with Gasteiger partial charge in [-0.3, -0.25) is 4.79 Å². The molecule has 0 fully saturated rings. The van der Waals surface area contributed by atoms with Gasteiger partial charge in [-0.25, -0.2) is 4.39 Å². The van der Waals surface area contributed by atoms with Crippen molar-refractivity contribution >= 4 is 5.91 Å². The molecular formula is C20H25FN2O2. The van der Waals surface area contributed by atoms with Crippen molar-refractivity contribution in [2.75, 3.05) is 27.2 Å². The van der Waals surface area contributed by atoms with Crippen molar-refractivity contribution < 1.29 is 13.9 Å². The molecule has 0 heterocycles. The molecule has 2 rings (SSSR count). The summed E-state index contributed by atoms with van der Waals surface area (Å²) in [5.74, 6) is 0.297. The Morgan fingerprint density at radius 2 is 1.76 bits per heavy atom. The molecule has 0 saturated carbocycles. The van der Waals surface area contributed by atoms with Crippen LogP contribution in [0, 0.1) is 5.82 Å². The summed E-state index contributed by atoms with van der Waals surface area (Å²) in [6.45, 7) is 3.31. The lowest BCUT2D eigenvalue weighted by Gasteiger charge is -2.21. The summed E-state index contributed by atoms with van der Waals surface area (Å²) < 4.78 is 18.6. The molecule has 0 spiro atoms. The first-order valence-corrected chi connectivity index (χ1v) is 8.43. The van der Waals surface area contributed by atoms with Crippen molar-refractivity contribution in [3.8, 4) is 5.75 Å². The number of amides is 1. The molecule has 134 valence electrons. The van der Waals surface area contributed by atoms with Crippen molar-refractivity contribution in [3.05, 3.63) is 65.5 Å². The minimum absolute atomic E-state index is 0.156. The summed E-state index contributed by atoms with van der Waals surface area (Å²) in [4.78, 5) is 14.6. The van der Waals surface area contributed by atoms with Crippen LogP contribution in [-0.2, 0) is 0 Å². The number of carbonyl (C=O) groups is 1. The minimum Gasteiger partial charge on any atom is -0.494 e. The average molecular weight is 344 g/mol. The largest absolute Gasteiger partial charge is 0.494 e. The van der Waals surface area contributed by atoms with Crippen molar-refractivity contribution in [1.82, 2.24) is 10.2 Å². The molecule has 0 bridgehead atoms. The lowest BCUT2D eigenvalue weighted by Crippen LogP contribution is -2.31. The number of carbonyl (C=O) groups excluding carboxylic acids is 1. The van der Waals surface area contributed by atoms with Gasteiger partial charge in [-0.05, 0) is 75.9 Å². The van der Waals surface area contributed by atoms with Gasteiger partial charge in [0.2, 0.25) is 0 Å². The second-order valence-electron chi connectivity index (χ2n) is 6.13. The minimum atomic E-state index is -0.284. The fourth-order valence-corrected chi connectivity index (χ4v) is 2.52. The molecular weight excluding hydrogens is 319 g/mol. The molecule has 0 aromatic heterocycles. The number of rotatable bonds is 8. The smallest absolute Gasteiger partial charge is 0.251 e. The monoisotopic (exact) mass is 344 g/mol. The third-order valence-corrected chi connectivity index (χ3v) is 3.87. The second-order valence-corrected chi connectivity index (χ2v) is 6.13. The summed E-state index contributed by atoms with van der Waals surface area (Å²) in [6.07, 6.45) is 0.738. The highest BCUT2D eigenvalue weighted by Gasteiger charge is 2.16. The van der Waals surface area contributed by atoms with Gasteiger partial charge in [-0.2, -0.15) is 0 Å². The maximum atomic E-state index is 13.2. The van der Waals surface area contributed by atoms with Gasteiger partial charge in [0.15, 0.2) is 0 Å². The van der Waals surface area contributed by atoms with E-state index >= 15 is 0 Å². The normalized spacial score (nSPS) is 12.0. The molecule has 5 heteroatoms. The van der Waals surface area contributed by atoms with E-state index in [1.165, 1.54) is 12.1 Å². The van der Waals surface area contributed by atoms with Gasteiger partial charge < -0.3 is 15.0 Å². The van der Waals surface area contributed by atoms with Crippen molar-refractivity contribution in [1.29, 1.82) is 0 Å². The molecule has 1 N–H and O–H groups in total. The molecule has 0 aliphatic rings. The Labute approximate surface area is 148 Å². The summed E-state index contributed by atoms with van der Waals surface area (Å²) in [5, 5.41) is 3.05. The van der Waals surface area contributed by atoms with Crippen LogP contribution in [0.5, 0.6) is 5.75 Å². The lowest BCUT2D eigenvalue weighted by atomic mass is 10.0. The van der Waals surface area contributed by atoms with E-state index in [0.717, 1.165) is 24.3 Å². The second kappa shape index (κ2) is 9.18. The average Bonchev–Trinajstić information content (AvgIpc) is 2.60. The molecule has 0 radical (unpaired) electrons. The molecule has 1 atom stereocenters. The maximum Gasteiger partial charge on any atom is 0.251 e. The van der Waals surface area contributed by atoms with E-state index in [-0.39, 0.29) is 17.8 Å². The highest BCUT2D eigenvalue weighted by molar-refractivity contribution is 5.94. The predicted octanol–water partition coefficient (Wildman–Crippen LogP) is 3.65. The van der Waals surface area contributed by atoms with Crippen LogP contribution in [0.1, 0.15) is 35.3 Å². The highest BCUT2D eigenvalue weighted by atomic mass is 19.1. The van der Waals surface area contributed by atoms with E-state index in [2.05, 4.69) is 10.2 Å². The van der Waals surface area contributed by atoms with Gasteiger partial charge in [0, 0.05) is 5.56 Å². The third kappa shape index (κ3) is 5.87. The molecule has 0 aliphatic carbocycles. The Morgan fingerprint density at radius 1 is 1.12 bits per heavy atom. The van der Waals surface area contributed by atoms with Crippen LogP contribution in [0.3, 0.4) is 0 Å². The van der Waals surface area contributed by atoms with Gasteiger partial charge >= 0.3 is 0 Å². The molecule has 1 unspecified atom stereocenters. The Hall–Kier alpha value is -2.40. The summed E-state index contributed by atoms with van der Waals surface area (Å²) in [5.41, 5.74) is 1.46. The van der Waals surface area contributed by atoms with E-state index in [9.17, 15) is 9.18 Å². The summed E-state index contributed by atoms with van der Waals surface area (Å²) >= 11 is 0. The Bertz CT molecular complexity index is 669. The molecule has 2 aromatic rings. The summed E-state index contributed by atoms with van der Waals surface area (Å²) in [6, 6.07) is 13.1. The number of benzene rings is 2. The van der Waals surface area contributed by atoms with Crippen LogP contribution in [0.15, 0.2) is 48.5 Å². The van der Waals surface area contributed by atoms with E-state index in [0.29, 0.717) is 12.2 Å². The van der Waals surface area contributed by atoms with Gasteiger partial charge in [0.05, 0.1) is 12.6 Å². The topological polar surface area (TPSA) is 41.6 Å². The number of halogens is 1. The molecule has 2 aromatic carbocycles. The Morgan fingerprint density at radius 3 is 2.32 bits per heavy atom. The van der Waals surface area contributed by atoms with E-state index in [1.807, 2.05) is 21.0 Å². The zero-order valence-electron chi connectivity index (χ0n) is 15.0. The van der Waals surface area contributed by atoms with E-state index < -0.39 is 0 Å². The number of hydrogen-bond acceptors (Lipinski definition) is 3. The van der Waals surface area contributed by atoms with Crippen molar-refractivity contribution in [2.45, 2.75) is 19.4 Å². The van der Waals surface area contributed by atoms with Crippen LogP contribution in [0.4, 0.5) is 4.39 Å². The quantitative estimate of drug-likeness (QED) is 0.795. The molecule has 0 saturated heterocycles. The Balaban J connectivity index is 2.11. The van der Waals surface area contributed by atoms with E-state index in [4.69, 9.17) is 4.74 Å². The first kappa shape index (κ1) is 18.9. The molecule has 1 amide bonds. The molecule has 25 heavy (non-hydrogen) atoms. The van der Waals surface area contributed by atoms with Gasteiger partial charge in [-0.15, -0.1) is 0 Å². The number of hydrogen-bond donors (Lipinski definition) is 1. The van der Waals surface area contributed by atoms with Crippen LogP contribution >= 0.6 is 0 Å². The van der Waals surface area contributed by atoms with Gasteiger partial charge in [0.25, 0.3) is 5.91 Å². The number of nitrogens with zero attached hydrogens (tertiary/aromatic N) is 1. The fourth-order valence-electron chi connectivity index (χ4n) is 2.52. The van der Waals surface area contributed by atoms with Crippen LogP contribution < -0.4 is 10.1 Å². The standard InChI is InChI=1S/C20H25FN2O2/c1-4-25-18-11-7-16(8-12-18)20(24)22-19(13-14-23(2)3)15-5-9-17(21)10-6-15/h5-12,19H,4,13-14H2,1-3H3,(H,22,24). The van der Waals surface area contributed by atoms with E-state index in [1.54, 1.807) is 36.4 Å². The van der Waals surface area contributed by atoms with Gasteiger partial charge in [-0.1, -0.05) is 12.1 Å². The van der Waals surface area contributed by atoms with Gasteiger partial charge in [0.1, 0.15) is 11.6 Å². The third-order valence-electron chi connectivity index (χ3n) is 3.87. The van der Waals surface area contributed by atoms with Crippen molar-refractivity contribution in [3.63, 3.8) is 0 Å². The van der Waals surface area contributed by atoms with Crippen LogP contribution in [0.25, 0.3) is 0 Å². The Kier molecular flexibility index (Phi) is 6.95. The number of nitrogens with one attached hydrogen (secondary N) is 1. The fraction of sp³-hybridized carbons (Fsp3) is 0.350. The zero-order valence-corrected chi connectivity index (χ0v) is 15.0. The summed E-state index contributed by atoms with van der Waals surface area (Å²) in [7, 11) is 3.96. The van der Waals surface area contributed by atoms with Crippen LogP contribution in [0.2, 0.25) is 0 Å². The molecule has 0 aliphatic heterocycles. The predicted molar refractivity (Wildman–Crippen MR) is 97.4 cm³/mol. The zero-order chi connectivity index (χ0) is 18.2. The lowest BCUT2D eigenvalue weighted by molar-refractivity contribution is 0.0932. The highest BCUT2D eigenvalue weighted by Crippen LogP contribution is 2.19. The molecule has 4 nitrogen and oxygen atoms in total. The van der Waals surface area contributed by atoms with Crippen LogP contribution in [-0.4, -0.2) is 38.1 Å². The van der Waals surface area contributed by atoms with Crippen molar-refractivity contribution in [2.24, 2.45) is 0 Å². The number of ether oxygens (including phenoxy) is 1. The first-order chi connectivity index (χ1) is 12.0. The SMILES string of the molecule is CCOc1ccc(C(=O)NC(CCN(C)C)c2ccc(F)cc2)cc1.